The number of halogens is 1. The van der Waals surface area contributed by atoms with Crippen molar-refractivity contribution >= 4 is 17.5 Å². The molecule has 0 saturated carbocycles. The maximum atomic E-state index is 12.8. The van der Waals surface area contributed by atoms with Crippen LogP contribution in [0.4, 0.5) is 0 Å². The Morgan fingerprint density at radius 2 is 1.72 bits per heavy atom. The molecule has 5 heteroatoms. The average Bonchev–Trinajstić information content (AvgIpc) is 2.90. The second-order valence-corrected chi connectivity index (χ2v) is 6.48. The first-order valence-electron chi connectivity index (χ1n) is 8.15. The van der Waals surface area contributed by atoms with Gasteiger partial charge in [0, 0.05) is 5.02 Å². The Bertz CT molecular complexity index is 885. The predicted octanol–water partition coefficient (Wildman–Crippen LogP) is 4.63. The zero-order valence-electron chi connectivity index (χ0n) is 14.5. The van der Waals surface area contributed by atoms with Crippen LogP contribution in [0.5, 0.6) is 0 Å². The minimum Gasteiger partial charge on any atom is -0.345 e. The van der Waals surface area contributed by atoms with Crippen LogP contribution in [0, 0.1) is 13.8 Å². The standard InChI is InChI=1S/C20H20ClN3O/c1-13(16-9-11-17(21)12-10-16)22-20(25)19-14(2)23-24(15(19)3)18-7-5-4-6-8-18/h4-13H,1-3H3,(H,22,25). The lowest BCUT2D eigenvalue weighted by molar-refractivity contribution is 0.0938. The first-order valence-corrected chi connectivity index (χ1v) is 8.53. The van der Waals surface area contributed by atoms with Gasteiger partial charge in [0.2, 0.25) is 0 Å². The van der Waals surface area contributed by atoms with Gasteiger partial charge in [0.25, 0.3) is 5.91 Å². The van der Waals surface area contributed by atoms with Gasteiger partial charge in [0.1, 0.15) is 0 Å². The fourth-order valence-corrected chi connectivity index (χ4v) is 3.02. The van der Waals surface area contributed by atoms with Gasteiger partial charge in [-0.05, 0) is 50.6 Å². The van der Waals surface area contributed by atoms with Crippen molar-refractivity contribution in [1.82, 2.24) is 15.1 Å². The molecule has 3 aromatic rings. The molecule has 1 amide bonds. The van der Waals surface area contributed by atoms with Crippen LogP contribution in [0.1, 0.15) is 40.3 Å². The summed E-state index contributed by atoms with van der Waals surface area (Å²) in [5.74, 6) is -0.125. The van der Waals surface area contributed by atoms with Crippen molar-refractivity contribution in [2.75, 3.05) is 0 Å². The molecule has 1 unspecified atom stereocenters. The Kier molecular flexibility index (Phi) is 4.91. The van der Waals surface area contributed by atoms with Gasteiger partial charge in [-0.15, -0.1) is 0 Å². The third-order valence-electron chi connectivity index (χ3n) is 4.24. The summed E-state index contributed by atoms with van der Waals surface area (Å²) in [6, 6.07) is 17.2. The first kappa shape index (κ1) is 17.2. The Hall–Kier alpha value is -2.59. The van der Waals surface area contributed by atoms with Crippen LogP contribution in [0.2, 0.25) is 5.02 Å². The quantitative estimate of drug-likeness (QED) is 0.743. The summed E-state index contributed by atoms with van der Waals surface area (Å²) in [6.45, 7) is 5.72. The molecule has 1 N–H and O–H groups in total. The number of benzene rings is 2. The molecule has 4 nitrogen and oxygen atoms in total. The number of nitrogens with one attached hydrogen (secondary N) is 1. The highest BCUT2D eigenvalue weighted by Gasteiger charge is 2.21. The lowest BCUT2D eigenvalue weighted by Crippen LogP contribution is -2.27. The molecular weight excluding hydrogens is 334 g/mol. The summed E-state index contributed by atoms with van der Waals surface area (Å²) in [5, 5.41) is 8.25. The molecule has 1 heterocycles. The molecule has 0 spiro atoms. The van der Waals surface area contributed by atoms with E-state index in [1.54, 1.807) is 4.68 Å². The summed E-state index contributed by atoms with van der Waals surface area (Å²) in [7, 11) is 0. The van der Waals surface area contributed by atoms with E-state index < -0.39 is 0 Å². The number of aryl methyl sites for hydroxylation is 1. The van der Waals surface area contributed by atoms with E-state index in [2.05, 4.69) is 10.4 Å². The van der Waals surface area contributed by atoms with Crippen molar-refractivity contribution in [3.05, 3.63) is 82.1 Å². The summed E-state index contributed by atoms with van der Waals surface area (Å²) < 4.78 is 1.80. The maximum absolute atomic E-state index is 12.8. The van der Waals surface area contributed by atoms with Crippen molar-refractivity contribution in [3.63, 3.8) is 0 Å². The van der Waals surface area contributed by atoms with Gasteiger partial charge in [-0.3, -0.25) is 4.79 Å². The van der Waals surface area contributed by atoms with E-state index in [4.69, 9.17) is 11.6 Å². The Morgan fingerprint density at radius 1 is 1.08 bits per heavy atom. The number of aromatic nitrogens is 2. The maximum Gasteiger partial charge on any atom is 0.255 e. The van der Waals surface area contributed by atoms with E-state index in [9.17, 15) is 4.79 Å². The van der Waals surface area contributed by atoms with Gasteiger partial charge in [0.05, 0.1) is 28.7 Å². The zero-order valence-corrected chi connectivity index (χ0v) is 15.2. The fraction of sp³-hybridized carbons (Fsp3) is 0.200. The normalized spacial score (nSPS) is 12.0. The number of carbonyl (C=O) groups is 1. The van der Waals surface area contributed by atoms with Crippen molar-refractivity contribution in [2.45, 2.75) is 26.8 Å². The Labute approximate surface area is 152 Å². The predicted molar refractivity (Wildman–Crippen MR) is 100 cm³/mol. The second-order valence-electron chi connectivity index (χ2n) is 6.04. The van der Waals surface area contributed by atoms with Crippen LogP contribution in [0.15, 0.2) is 54.6 Å². The van der Waals surface area contributed by atoms with Crippen LogP contribution < -0.4 is 5.32 Å². The highest BCUT2D eigenvalue weighted by molar-refractivity contribution is 6.30. The van der Waals surface area contributed by atoms with Crippen molar-refractivity contribution < 1.29 is 4.79 Å². The van der Waals surface area contributed by atoms with E-state index in [0.29, 0.717) is 16.3 Å². The summed E-state index contributed by atoms with van der Waals surface area (Å²) in [5.41, 5.74) is 4.09. The smallest absolute Gasteiger partial charge is 0.255 e. The molecule has 25 heavy (non-hydrogen) atoms. The zero-order chi connectivity index (χ0) is 18.0. The molecule has 3 rings (SSSR count). The van der Waals surface area contributed by atoms with Crippen LogP contribution in [0.25, 0.3) is 5.69 Å². The fourth-order valence-electron chi connectivity index (χ4n) is 2.90. The topological polar surface area (TPSA) is 46.9 Å². The molecule has 0 aliphatic heterocycles. The van der Waals surface area contributed by atoms with Crippen molar-refractivity contribution in [2.24, 2.45) is 0 Å². The molecule has 1 atom stereocenters. The molecule has 0 fully saturated rings. The SMILES string of the molecule is Cc1nn(-c2ccccc2)c(C)c1C(=O)NC(C)c1ccc(Cl)cc1. The molecule has 0 aliphatic carbocycles. The molecule has 128 valence electrons. The number of hydrogen-bond donors (Lipinski definition) is 1. The highest BCUT2D eigenvalue weighted by atomic mass is 35.5. The van der Waals surface area contributed by atoms with Gasteiger partial charge < -0.3 is 5.32 Å². The highest BCUT2D eigenvalue weighted by Crippen LogP contribution is 2.20. The molecule has 0 aliphatic rings. The minimum absolute atomic E-state index is 0.122. The lowest BCUT2D eigenvalue weighted by Gasteiger charge is -2.14. The third-order valence-corrected chi connectivity index (χ3v) is 4.49. The molecule has 0 radical (unpaired) electrons. The van der Waals surface area contributed by atoms with Gasteiger partial charge in [0.15, 0.2) is 0 Å². The van der Waals surface area contributed by atoms with Gasteiger partial charge in [-0.1, -0.05) is 41.9 Å². The van der Waals surface area contributed by atoms with E-state index in [0.717, 1.165) is 16.9 Å². The van der Waals surface area contributed by atoms with Crippen LogP contribution in [0.3, 0.4) is 0 Å². The number of rotatable bonds is 4. The average molecular weight is 354 g/mol. The third kappa shape index (κ3) is 3.59. The Morgan fingerprint density at radius 3 is 2.36 bits per heavy atom. The number of amides is 1. The van der Waals surface area contributed by atoms with E-state index in [1.807, 2.05) is 75.4 Å². The number of para-hydroxylation sites is 1. The number of carbonyl (C=O) groups excluding carboxylic acids is 1. The summed E-state index contributed by atoms with van der Waals surface area (Å²) >= 11 is 5.92. The molecule has 0 saturated heterocycles. The second kappa shape index (κ2) is 7.11. The minimum atomic E-state index is -0.125. The Balaban J connectivity index is 1.85. The van der Waals surface area contributed by atoms with Gasteiger partial charge in [-0.25, -0.2) is 4.68 Å². The molecule has 2 aromatic carbocycles. The van der Waals surface area contributed by atoms with Crippen molar-refractivity contribution in [3.8, 4) is 5.69 Å². The van der Waals surface area contributed by atoms with E-state index in [1.165, 1.54) is 0 Å². The monoisotopic (exact) mass is 353 g/mol. The van der Waals surface area contributed by atoms with E-state index >= 15 is 0 Å². The van der Waals surface area contributed by atoms with Crippen LogP contribution in [-0.2, 0) is 0 Å². The number of hydrogen-bond acceptors (Lipinski definition) is 2. The lowest BCUT2D eigenvalue weighted by atomic mass is 10.1. The van der Waals surface area contributed by atoms with Gasteiger partial charge >= 0.3 is 0 Å². The molecule has 1 aromatic heterocycles. The van der Waals surface area contributed by atoms with Crippen LogP contribution >= 0.6 is 11.6 Å². The van der Waals surface area contributed by atoms with Crippen LogP contribution in [-0.4, -0.2) is 15.7 Å². The first-order chi connectivity index (χ1) is 12.0. The summed E-state index contributed by atoms with van der Waals surface area (Å²) in [4.78, 5) is 12.8. The molecular formula is C20H20ClN3O. The largest absolute Gasteiger partial charge is 0.345 e. The molecule has 0 bridgehead atoms. The summed E-state index contributed by atoms with van der Waals surface area (Å²) in [6.07, 6.45) is 0. The van der Waals surface area contributed by atoms with Gasteiger partial charge in [-0.2, -0.15) is 5.10 Å². The van der Waals surface area contributed by atoms with Crippen molar-refractivity contribution in [1.29, 1.82) is 0 Å². The van der Waals surface area contributed by atoms with E-state index in [-0.39, 0.29) is 11.9 Å². The number of nitrogens with zero attached hydrogens (tertiary/aromatic N) is 2.